The maximum atomic E-state index is 9.49. The van der Waals surface area contributed by atoms with Crippen LogP contribution in [0.4, 0.5) is 5.69 Å². The van der Waals surface area contributed by atoms with Crippen LogP contribution in [0.25, 0.3) is 0 Å². The average molecular weight is 218 g/mol. The van der Waals surface area contributed by atoms with E-state index in [1.807, 2.05) is 12.1 Å². The molecule has 3 heteroatoms. The Morgan fingerprint density at radius 3 is 3.06 bits per heavy atom. The normalized spacial score (nSPS) is 28.4. The molecule has 2 heterocycles. The van der Waals surface area contributed by atoms with Crippen LogP contribution in [-0.4, -0.2) is 23.7 Å². The smallest absolute Gasteiger partial charge is 0.116 e. The number of anilines is 1. The number of hydrogen-bond acceptors (Lipinski definition) is 3. The second kappa shape index (κ2) is 3.67. The van der Waals surface area contributed by atoms with Crippen LogP contribution >= 0.6 is 0 Å². The molecule has 0 aliphatic carbocycles. The lowest BCUT2D eigenvalue weighted by molar-refractivity contribution is 0.383. The summed E-state index contributed by atoms with van der Waals surface area (Å²) in [4.78, 5) is 2.47. The Morgan fingerprint density at radius 1 is 1.31 bits per heavy atom. The number of hydrogen-bond donors (Lipinski definition) is 2. The number of aromatic hydroxyl groups is 1. The van der Waals surface area contributed by atoms with E-state index in [4.69, 9.17) is 5.73 Å². The summed E-state index contributed by atoms with van der Waals surface area (Å²) in [5, 5.41) is 9.49. The molecule has 0 amide bonds. The number of nitrogens with zero attached hydrogens (tertiary/aromatic N) is 1. The molecule has 1 fully saturated rings. The summed E-state index contributed by atoms with van der Waals surface area (Å²) in [6.07, 6.45) is 4.43. The highest BCUT2D eigenvalue weighted by Crippen LogP contribution is 2.36. The third kappa shape index (κ3) is 1.55. The molecular formula is C13H18N2O. The first-order valence-corrected chi connectivity index (χ1v) is 6.08. The number of aryl methyl sites for hydroxylation is 1. The van der Waals surface area contributed by atoms with Crippen molar-refractivity contribution >= 4 is 5.69 Å². The van der Waals surface area contributed by atoms with Crippen LogP contribution < -0.4 is 10.6 Å². The minimum absolute atomic E-state index is 0.375. The average Bonchev–Trinajstić information content (AvgIpc) is 2.28. The summed E-state index contributed by atoms with van der Waals surface area (Å²) in [5.74, 6) is 0.380. The summed E-state index contributed by atoms with van der Waals surface area (Å²) in [7, 11) is 0. The van der Waals surface area contributed by atoms with Crippen LogP contribution in [0.15, 0.2) is 18.2 Å². The number of nitrogens with two attached hydrogens (primary N) is 1. The highest BCUT2D eigenvalue weighted by molar-refractivity contribution is 5.59. The van der Waals surface area contributed by atoms with E-state index in [1.54, 1.807) is 6.07 Å². The van der Waals surface area contributed by atoms with Gasteiger partial charge in [-0.15, -0.1) is 0 Å². The predicted octanol–water partition coefficient (Wildman–Crippen LogP) is 1.63. The number of rotatable bonds is 0. The van der Waals surface area contributed by atoms with Gasteiger partial charge in [-0.25, -0.2) is 0 Å². The molecule has 2 aliphatic heterocycles. The fourth-order valence-electron chi connectivity index (χ4n) is 3.05. The first-order chi connectivity index (χ1) is 7.74. The van der Waals surface area contributed by atoms with Crippen molar-refractivity contribution in [1.82, 2.24) is 0 Å². The third-order valence-electron chi connectivity index (χ3n) is 3.88. The number of phenols is 1. The van der Waals surface area contributed by atoms with Crippen LogP contribution in [0, 0.1) is 0 Å². The van der Waals surface area contributed by atoms with Crippen LogP contribution in [0.3, 0.4) is 0 Å². The minimum atomic E-state index is 0.375. The molecule has 3 N–H and O–H groups in total. The van der Waals surface area contributed by atoms with Gasteiger partial charge in [0.2, 0.25) is 0 Å². The first-order valence-electron chi connectivity index (χ1n) is 6.08. The monoisotopic (exact) mass is 218 g/mol. The highest BCUT2D eigenvalue weighted by atomic mass is 16.3. The molecule has 1 saturated heterocycles. The van der Waals surface area contributed by atoms with Gasteiger partial charge in [0.15, 0.2) is 0 Å². The predicted molar refractivity (Wildman–Crippen MR) is 64.8 cm³/mol. The van der Waals surface area contributed by atoms with Crippen LogP contribution in [0.2, 0.25) is 0 Å². The lowest BCUT2D eigenvalue weighted by atomic mass is 9.87. The second-order valence-corrected chi connectivity index (χ2v) is 4.98. The van der Waals surface area contributed by atoms with E-state index in [0.29, 0.717) is 17.8 Å². The molecule has 2 aliphatic rings. The molecule has 0 bridgehead atoms. The summed E-state index contributed by atoms with van der Waals surface area (Å²) in [5.41, 5.74) is 8.61. The van der Waals surface area contributed by atoms with Crippen molar-refractivity contribution in [2.75, 3.05) is 11.4 Å². The summed E-state index contributed by atoms with van der Waals surface area (Å²) in [6, 6.07) is 6.73. The maximum absolute atomic E-state index is 9.49. The maximum Gasteiger partial charge on any atom is 0.116 e. The molecule has 86 valence electrons. The Balaban J connectivity index is 1.94. The summed E-state index contributed by atoms with van der Waals surface area (Å²) < 4.78 is 0. The molecule has 0 aromatic heterocycles. The SMILES string of the molecule is NC1CCN2c3ccc(O)cc3CCC2C1. The van der Waals surface area contributed by atoms with Gasteiger partial charge in [-0.3, -0.25) is 0 Å². The lowest BCUT2D eigenvalue weighted by Gasteiger charge is -2.44. The molecule has 0 spiro atoms. The fraction of sp³-hybridized carbons (Fsp3) is 0.538. The van der Waals surface area contributed by atoms with Gasteiger partial charge in [0.1, 0.15) is 5.75 Å². The van der Waals surface area contributed by atoms with E-state index in [9.17, 15) is 5.11 Å². The van der Waals surface area contributed by atoms with E-state index < -0.39 is 0 Å². The Kier molecular flexibility index (Phi) is 2.28. The summed E-state index contributed by atoms with van der Waals surface area (Å²) >= 11 is 0. The quantitative estimate of drug-likeness (QED) is 0.696. The largest absolute Gasteiger partial charge is 0.508 e. The molecule has 1 aromatic rings. The van der Waals surface area contributed by atoms with Crippen molar-refractivity contribution in [3.63, 3.8) is 0 Å². The summed E-state index contributed by atoms with van der Waals surface area (Å²) in [6.45, 7) is 1.06. The Morgan fingerprint density at radius 2 is 2.19 bits per heavy atom. The van der Waals surface area contributed by atoms with Crippen LogP contribution in [0.1, 0.15) is 24.8 Å². The first kappa shape index (κ1) is 9.97. The van der Waals surface area contributed by atoms with E-state index in [0.717, 1.165) is 25.8 Å². The molecule has 16 heavy (non-hydrogen) atoms. The van der Waals surface area contributed by atoms with Crippen molar-refractivity contribution in [3.05, 3.63) is 23.8 Å². The van der Waals surface area contributed by atoms with Crippen molar-refractivity contribution in [2.45, 2.75) is 37.8 Å². The van der Waals surface area contributed by atoms with Gasteiger partial charge in [0, 0.05) is 24.3 Å². The molecule has 2 atom stereocenters. The van der Waals surface area contributed by atoms with Gasteiger partial charge in [0.25, 0.3) is 0 Å². The zero-order valence-corrected chi connectivity index (χ0v) is 9.39. The van der Waals surface area contributed by atoms with E-state index in [2.05, 4.69) is 4.90 Å². The topological polar surface area (TPSA) is 49.5 Å². The standard InChI is InChI=1S/C13H18N2O/c14-10-5-6-15-11(8-10)2-1-9-7-12(16)3-4-13(9)15/h3-4,7,10-11,16H,1-2,5-6,8,14H2. The fourth-order valence-corrected chi connectivity index (χ4v) is 3.05. The van der Waals surface area contributed by atoms with Crippen molar-refractivity contribution < 1.29 is 5.11 Å². The number of benzene rings is 1. The molecule has 1 aromatic carbocycles. The number of fused-ring (bicyclic) bond motifs is 3. The van der Waals surface area contributed by atoms with E-state index >= 15 is 0 Å². The lowest BCUT2D eigenvalue weighted by Crippen LogP contribution is -2.49. The van der Waals surface area contributed by atoms with Gasteiger partial charge in [-0.05, 0) is 49.4 Å². The number of piperidine rings is 1. The van der Waals surface area contributed by atoms with Crippen LogP contribution in [0.5, 0.6) is 5.75 Å². The molecular weight excluding hydrogens is 200 g/mol. The molecule has 0 radical (unpaired) electrons. The van der Waals surface area contributed by atoms with Gasteiger partial charge in [-0.2, -0.15) is 0 Å². The molecule has 3 nitrogen and oxygen atoms in total. The van der Waals surface area contributed by atoms with E-state index in [1.165, 1.54) is 17.7 Å². The van der Waals surface area contributed by atoms with Crippen molar-refractivity contribution in [2.24, 2.45) is 5.73 Å². The third-order valence-corrected chi connectivity index (χ3v) is 3.88. The highest BCUT2D eigenvalue weighted by Gasteiger charge is 2.31. The van der Waals surface area contributed by atoms with Gasteiger partial charge >= 0.3 is 0 Å². The second-order valence-electron chi connectivity index (χ2n) is 4.98. The Bertz CT molecular complexity index is 405. The van der Waals surface area contributed by atoms with E-state index in [-0.39, 0.29) is 0 Å². The zero-order valence-electron chi connectivity index (χ0n) is 9.39. The minimum Gasteiger partial charge on any atom is -0.508 e. The van der Waals surface area contributed by atoms with Crippen LogP contribution in [-0.2, 0) is 6.42 Å². The number of phenolic OH excluding ortho intramolecular Hbond substituents is 1. The van der Waals surface area contributed by atoms with Gasteiger partial charge in [0.05, 0.1) is 0 Å². The Hall–Kier alpha value is -1.22. The molecule has 2 unspecified atom stereocenters. The van der Waals surface area contributed by atoms with Crippen molar-refractivity contribution in [3.8, 4) is 5.75 Å². The van der Waals surface area contributed by atoms with Crippen molar-refractivity contribution in [1.29, 1.82) is 0 Å². The Labute approximate surface area is 95.9 Å². The van der Waals surface area contributed by atoms with Gasteiger partial charge < -0.3 is 15.7 Å². The molecule has 0 saturated carbocycles. The molecule has 3 rings (SSSR count). The van der Waals surface area contributed by atoms with Gasteiger partial charge in [-0.1, -0.05) is 0 Å². The zero-order chi connectivity index (χ0) is 11.1.